The third-order valence-electron chi connectivity index (χ3n) is 4.25. The molecule has 0 heterocycles. The number of methoxy groups -OCH3 is 1. The lowest BCUT2D eigenvalue weighted by Gasteiger charge is -2.12. The van der Waals surface area contributed by atoms with Crippen molar-refractivity contribution in [1.29, 1.82) is 0 Å². The molecule has 0 saturated carbocycles. The zero-order valence-electron chi connectivity index (χ0n) is 16.3. The van der Waals surface area contributed by atoms with Crippen LogP contribution in [-0.2, 0) is 10.0 Å². The molecule has 7 nitrogen and oxygen atoms in total. The van der Waals surface area contributed by atoms with Crippen LogP contribution in [0.5, 0.6) is 5.75 Å². The van der Waals surface area contributed by atoms with Crippen LogP contribution in [0.15, 0.2) is 69.3 Å². The number of halogens is 2. The fourth-order valence-corrected chi connectivity index (χ4v) is 5.05. The number of benzene rings is 3. The first-order valence-corrected chi connectivity index (χ1v) is 11.7. The van der Waals surface area contributed by atoms with Crippen molar-refractivity contribution in [2.45, 2.75) is 21.6 Å². The van der Waals surface area contributed by atoms with Crippen molar-refractivity contribution >= 4 is 56.4 Å². The minimum Gasteiger partial charge on any atom is -0.497 e. The Hall–Kier alpha value is -2.46. The van der Waals surface area contributed by atoms with Crippen molar-refractivity contribution in [1.82, 2.24) is 0 Å². The van der Waals surface area contributed by atoms with Crippen LogP contribution in [0, 0.1) is 17.0 Å². The topological polar surface area (TPSA) is 98.5 Å². The van der Waals surface area contributed by atoms with Crippen LogP contribution >= 0.6 is 35.0 Å². The van der Waals surface area contributed by atoms with Crippen LogP contribution in [0.3, 0.4) is 0 Å². The van der Waals surface area contributed by atoms with E-state index in [0.29, 0.717) is 31.9 Å². The lowest BCUT2D eigenvalue weighted by atomic mass is 10.2. The lowest BCUT2D eigenvalue weighted by Crippen LogP contribution is -2.14. The summed E-state index contributed by atoms with van der Waals surface area (Å²) in [5.74, 6) is 0.475. The molecule has 0 amide bonds. The number of nitrogens with one attached hydrogen (secondary N) is 1. The molecule has 0 atom stereocenters. The van der Waals surface area contributed by atoms with Gasteiger partial charge >= 0.3 is 0 Å². The van der Waals surface area contributed by atoms with Crippen LogP contribution in [0.25, 0.3) is 0 Å². The monoisotopic (exact) mass is 498 g/mol. The minimum absolute atomic E-state index is 0.236. The Morgan fingerprint density at radius 2 is 1.77 bits per heavy atom. The summed E-state index contributed by atoms with van der Waals surface area (Å²) in [6.07, 6.45) is 0. The van der Waals surface area contributed by atoms with Crippen molar-refractivity contribution in [3.05, 3.63) is 80.3 Å². The van der Waals surface area contributed by atoms with E-state index < -0.39 is 14.9 Å². The third-order valence-corrected chi connectivity index (χ3v) is 7.40. The quantitative estimate of drug-likeness (QED) is 0.308. The second kappa shape index (κ2) is 9.35. The van der Waals surface area contributed by atoms with Crippen LogP contribution < -0.4 is 9.46 Å². The van der Waals surface area contributed by atoms with Crippen LogP contribution in [-0.4, -0.2) is 20.5 Å². The third kappa shape index (κ3) is 5.43. The molecule has 0 saturated heterocycles. The maximum absolute atomic E-state index is 12.9. The molecule has 0 aliphatic carbocycles. The highest BCUT2D eigenvalue weighted by Gasteiger charge is 2.23. The van der Waals surface area contributed by atoms with Crippen molar-refractivity contribution in [3.63, 3.8) is 0 Å². The molecule has 0 unspecified atom stereocenters. The van der Waals surface area contributed by atoms with Gasteiger partial charge in [0.2, 0.25) is 0 Å². The summed E-state index contributed by atoms with van der Waals surface area (Å²) < 4.78 is 33.3. The second-order valence-electron chi connectivity index (χ2n) is 6.35. The Bertz CT molecular complexity index is 1270. The Labute approximate surface area is 193 Å². The maximum atomic E-state index is 12.9. The van der Waals surface area contributed by atoms with Crippen LogP contribution in [0.1, 0.15) is 5.56 Å². The van der Waals surface area contributed by atoms with E-state index in [1.54, 1.807) is 37.3 Å². The summed E-state index contributed by atoms with van der Waals surface area (Å²) >= 11 is 13.0. The molecule has 3 aromatic carbocycles. The highest BCUT2D eigenvalue weighted by Crippen LogP contribution is 2.38. The molecule has 3 aromatic rings. The van der Waals surface area contributed by atoms with Gasteiger partial charge in [-0.25, -0.2) is 8.42 Å². The van der Waals surface area contributed by atoms with Gasteiger partial charge in [-0.05, 0) is 48.9 Å². The Morgan fingerprint density at radius 3 is 2.42 bits per heavy atom. The molecule has 162 valence electrons. The minimum atomic E-state index is -4.08. The smallest absolute Gasteiger partial charge is 0.284 e. The molecular formula is C20H16Cl2N2O5S2. The molecule has 3 rings (SSSR count). The summed E-state index contributed by atoms with van der Waals surface area (Å²) in [6.45, 7) is 1.73. The molecule has 0 spiro atoms. The molecule has 0 bridgehead atoms. The van der Waals surface area contributed by atoms with Gasteiger partial charge in [0, 0.05) is 17.0 Å². The van der Waals surface area contributed by atoms with Gasteiger partial charge in [0.05, 0.1) is 37.6 Å². The van der Waals surface area contributed by atoms with Crippen molar-refractivity contribution < 1.29 is 18.1 Å². The number of anilines is 1. The molecule has 1 N–H and O–H groups in total. The average Bonchev–Trinajstić information content (AvgIpc) is 2.72. The standard InChI is InChI=1S/C20H16Cl2N2O5S2/c1-12-3-4-13(29-2)9-18(12)23-31(27,28)15-6-8-20(19(11-15)24(25)26)30-14-5-7-16(21)17(22)10-14/h3-11,23H,1-2H3. The highest BCUT2D eigenvalue weighted by atomic mass is 35.5. The van der Waals surface area contributed by atoms with E-state index in [-0.39, 0.29) is 15.5 Å². The van der Waals surface area contributed by atoms with Gasteiger partial charge in [0.25, 0.3) is 15.7 Å². The van der Waals surface area contributed by atoms with Gasteiger partial charge in [-0.2, -0.15) is 0 Å². The van der Waals surface area contributed by atoms with Gasteiger partial charge in [-0.15, -0.1) is 0 Å². The predicted octanol–water partition coefficient (Wildman–Crippen LogP) is 6.17. The summed E-state index contributed by atoms with van der Waals surface area (Å²) in [5.41, 5.74) is 0.642. The molecule has 0 aromatic heterocycles. The fourth-order valence-electron chi connectivity index (χ4n) is 2.60. The number of rotatable bonds is 7. The van der Waals surface area contributed by atoms with E-state index in [9.17, 15) is 18.5 Å². The van der Waals surface area contributed by atoms with Gasteiger partial charge in [0.15, 0.2) is 0 Å². The zero-order valence-corrected chi connectivity index (χ0v) is 19.4. The molecule has 0 fully saturated rings. The highest BCUT2D eigenvalue weighted by molar-refractivity contribution is 7.99. The number of nitrogens with zero attached hydrogens (tertiary/aromatic N) is 1. The van der Waals surface area contributed by atoms with Crippen molar-refractivity contribution in [2.75, 3.05) is 11.8 Å². The maximum Gasteiger partial charge on any atom is 0.284 e. The van der Waals surface area contributed by atoms with E-state index in [0.717, 1.165) is 17.8 Å². The van der Waals surface area contributed by atoms with E-state index in [1.165, 1.54) is 25.3 Å². The fraction of sp³-hybridized carbons (Fsp3) is 0.100. The predicted molar refractivity (Wildman–Crippen MR) is 122 cm³/mol. The van der Waals surface area contributed by atoms with E-state index in [1.807, 2.05) is 0 Å². The number of nitro groups is 1. The number of nitro benzene ring substituents is 1. The molecule has 0 aliphatic heterocycles. The molecule has 11 heteroatoms. The number of hydrogen-bond acceptors (Lipinski definition) is 6. The Balaban J connectivity index is 1.96. The zero-order chi connectivity index (χ0) is 22.8. The van der Waals surface area contributed by atoms with E-state index in [2.05, 4.69) is 4.72 Å². The number of sulfonamides is 1. The molecule has 0 radical (unpaired) electrons. The first-order chi connectivity index (χ1) is 14.6. The Morgan fingerprint density at radius 1 is 1.03 bits per heavy atom. The second-order valence-corrected chi connectivity index (χ2v) is 9.96. The van der Waals surface area contributed by atoms with E-state index >= 15 is 0 Å². The van der Waals surface area contributed by atoms with Crippen molar-refractivity contribution in [3.8, 4) is 5.75 Å². The largest absolute Gasteiger partial charge is 0.497 e. The van der Waals surface area contributed by atoms with Crippen LogP contribution in [0.4, 0.5) is 11.4 Å². The first kappa shape index (κ1) is 23.2. The molecular weight excluding hydrogens is 483 g/mol. The number of hydrogen-bond donors (Lipinski definition) is 1. The molecule has 0 aliphatic rings. The van der Waals surface area contributed by atoms with Gasteiger partial charge in [0.1, 0.15) is 5.75 Å². The lowest BCUT2D eigenvalue weighted by molar-refractivity contribution is -0.388. The Kier molecular flexibility index (Phi) is 7.00. The molecule has 31 heavy (non-hydrogen) atoms. The number of aryl methyl sites for hydroxylation is 1. The summed E-state index contributed by atoms with van der Waals surface area (Å²) in [7, 11) is -2.61. The summed E-state index contributed by atoms with van der Waals surface area (Å²) in [5, 5.41) is 12.3. The summed E-state index contributed by atoms with van der Waals surface area (Å²) in [6, 6.07) is 13.5. The normalized spacial score (nSPS) is 11.2. The average molecular weight is 499 g/mol. The SMILES string of the molecule is COc1ccc(C)c(NS(=O)(=O)c2ccc(Sc3ccc(Cl)c(Cl)c3)c([N+](=O)[O-])c2)c1. The van der Waals surface area contributed by atoms with Gasteiger partial charge in [-0.1, -0.05) is 41.0 Å². The summed E-state index contributed by atoms with van der Waals surface area (Å²) in [4.78, 5) is 11.6. The number of ether oxygens (including phenoxy) is 1. The van der Waals surface area contributed by atoms with E-state index in [4.69, 9.17) is 27.9 Å². The first-order valence-electron chi connectivity index (χ1n) is 8.69. The van der Waals surface area contributed by atoms with Gasteiger partial charge < -0.3 is 4.74 Å². The van der Waals surface area contributed by atoms with Crippen molar-refractivity contribution in [2.24, 2.45) is 0 Å². The van der Waals surface area contributed by atoms with Gasteiger partial charge in [-0.3, -0.25) is 14.8 Å². The van der Waals surface area contributed by atoms with Crippen LogP contribution in [0.2, 0.25) is 10.0 Å².